The third kappa shape index (κ3) is 2.50. The van der Waals surface area contributed by atoms with Gasteiger partial charge in [0.25, 0.3) is 0 Å². The van der Waals surface area contributed by atoms with Crippen LogP contribution in [0.3, 0.4) is 0 Å². The molecule has 0 bridgehead atoms. The van der Waals surface area contributed by atoms with E-state index in [1.807, 2.05) is 0 Å². The van der Waals surface area contributed by atoms with Crippen LogP contribution in [0.5, 0.6) is 0 Å². The molecule has 102 valence electrons. The standard InChI is InChI=1S/C13H12FN5S/c14-9-3-1-8(2-4-9)10(5-15)20-13-11-12(17-6-16-11)18-7-19-13/h1-4,6-7,10H,5,15H2,(H,16,17,18,19). The van der Waals surface area contributed by atoms with Crippen molar-refractivity contribution in [1.82, 2.24) is 19.9 Å². The molecule has 0 aliphatic rings. The van der Waals surface area contributed by atoms with Crippen molar-refractivity contribution in [3.05, 3.63) is 48.3 Å². The fourth-order valence-corrected chi connectivity index (χ4v) is 2.93. The molecule has 0 aliphatic carbocycles. The van der Waals surface area contributed by atoms with Gasteiger partial charge in [0.15, 0.2) is 5.65 Å². The molecule has 0 aliphatic heterocycles. The molecular weight excluding hydrogens is 277 g/mol. The van der Waals surface area contributed by atoms with Gasteiger partial charge in [0.1, 0.15) is 22.7 Å². The second kappa shape index (κ2) is 5.56. The molecular formula is C13H12FN5S. The van der Waals surface area contributed by atoms with E-state index in [9.17, 15) is 4.39 Å². The van der Waals surface area contributed by atoms with Gasteiger partial charge in [0, 0.05) is 11.8 Å². The lowest BCUT2D eigenvalue weighted by molar-refractivity contribution is 0.627. The second-order valence-corrected chi connectivity index (χ2v) is 5.37. The molecule has 0 fully saturated rings. The molecule has 0 amide bonds. The molecule has 1 unspecified atom stereocenters. The van der Waals surface area contributed by atoms with Crippen molar-refractivity contribution in [2.45, 2.75) is 10.3 Å². The number of rotatable bonds is 4. The minimum Gasteiger partial charge on any atom is -0.341 e. The van der Waals surface area contributed by atoms with Gasteiger partial charge in [0.05, 0.1) is 6.33 Å². The molecule has 1 atom stereocenters. The Morgan fingerprint density at radius 2 is 2.00 bits per heavy atom. The first-order valence-corrected chi connectivity index (χ1v) is 6.92. The van der Waals surface area contributed by atoms with Gasteiger partial charge in [-0.05, 0) is 17.7 Å². The Morgan fingerprint density at radius 1 is 1.20 bits per heavy atom. The highest BCUT2D eigenvalue weighted by Crippen LogP contribution is 2.35. The maximum absolute atomic E-state index is 13.0. The predicted molar refractivity (Wildman–Crippen MR) is 75.7 cm³/mol. The lowest BCUT2D eigenvalue weighted by Gasteiger charge is -2.14. The predicted octanol–water partition coefficient (Wildman–Crippen LogP) is 2.28. The van der Waals surface area contributed by atoms with Crippen LogP contribution < -0.4 is 5.73 Å². The maximum atomic E-state index is 13.0. The largest absolute Gasteiger partial charge is 0.341 e. The van der Waals surface area contributed by atoms with Crippen molar-refractivity contribution in [2.24, 2.45) is 5.73 Å². The summed E-state index contributed by atoms with van der Waals surface area (Å²) in [6, 6.07) is 6.35. The van der Waals surface area contributed by atoms with E-state index in [1.54, 1.807) is 18.5 Å². The summed E-state index contributed by atoms with van der Waals surface area (Å²) < 4.78 is 13.0. The number of thioether (sulfide) groups is 1. The van der Waals surface area contributed by atoms with Crippen LogP contribution in [0.15, 0.2) is 41.9 Å². The van der Waals surface area contributed by atoms with Crippen LogP contribution in [0.1, 0.15) is 10.8 Å². The van der Waals surface area contributed by atoms with Crippen LogP contribution in [0, 0.1) is 5.82 Å². The Bertz CT molecular complexity index is 712. The zero-order valence-electron chi connectivity index (χ0n) is 10.5. The van der Waals surface area contributed by atoms with Gasteiger partial charge in [-0.15, -0.1) is 0 Å². The van der Waals surface area contributed by atoms with E-state index in [4.69, 9.17) is 5.73 Å². The minimum absolute atomic E-state index is 0.00278. The third-order valence-electron chi connectivity index (χ3n) is 2.90. The zero-order valence-corrected chi connectivity index (χ0v) is 11.3. The van der Waals surface area contributed by atoms with Crippen LogP contribution in [0.4, 0.5) is 4.39 Å². The summed E-state index contributed by atoms with van der Waals surface area (Å²) in [5, 5.41) is 0.782. The molecule has 7 heteroatoms. The van der Waals surface area contributed by atoms with Crippen molar-refractivity contribution in [1.29, 1.82) is 0 Å². The maximum Gasteiger partial charge on any atom is 0.181 e. The number of H-pyrrole nitrogens is 1. The second-order valence-electron chi connectivity index (χ2n) is 4.17. The number of hydrogen-bond acceptors (Lipinski definition) is 5. The first kappa shape index (κ1) is 13.0. The van der Waals surface area contributed by atoms with Crippen LogP contribution in [-0.2, 0) is 0 Å². The van der Waals surface area contributed by atoms with Crippen LogP contribution in [0.25, 0.3) is 11.2 Å². The molecule has 3 N–H and O–H groups in total. The third-order valence-corrected chi connectivity index (χ3v) is 4.18. The monoisotopic (exact) mass is 289 g/mol. The average molecular weight is 289 g/mol. The number of hydrogen-bond donors (Lipinski definition) is 2. The number of nitrogens with two attached hydrogens (primary N) is 1. The van der Waals surface area contributed by atoms with E-state index >= 15 is 0 Å². The lowest BCUT2D eigenvalue weighted by atomic mass is 10.1. The summed E-state index contributed by atoms with van der Waals surface area (Å²) >= 11 is 1.51. The molecule has 0 radical (unpaired) electrons. The summed E-state index contributed by atoms with van der Waals surface area (Å²) in [4.78, 5) is 15.4. The Kier molecular flexibility index (Phi) is 3.62. The summed E-state index contributed by atoms with van der Waals surface area (Å²) in [5.74, 6) is -0.257. The van der Waals surface area contributed by atoms with Gasteiger partial charge < -0.3 is 10.7 Å². The Hall–Kier alpha value is -1.99. The molecule has 2 heterocycles. The van der Waals surface area contributed by atoms with Gasteiger partial charge >= 0.3 is 0 Å². The fourth-order valence-electron chi connectivity index (χ4n) is 1.90. The first-order valence-electron chi connectivity index (χ1n) is 6.04. The van der Waals surface area contributed by atoms with Gasteiger partial charge in [-0.1, -0.05) is 23.9 Å². The molecule has 2 aromatic heterocycles. The Labute approximate surface area is 118 Å². The van der Waals surface area contributed by atoms with E-state index in [0.29, 0.717) is 12.2 Å². The number of fused-ring (bicyclic) bond motifs is 1. The SMILES string of the molecule is NCC(Sc1ncnc2nc[nH]c12)c1ccc(F)cc1. The van der Waals surface area contributed by atoms with Crippen LogP contribution >= 0.6 is 11.8 Å². The molecule has 5 nitrogen and oxygen atoms in total. The van der Waals surface area contributed by atoms with Crippen LogP contribution in [-0.4, -0.2) is 26.5 Å². The molecule has 20 heavy (non-hydrogen) atoms. The Balaban J connectivity index is 1.91. The Morgan fingerprint density at radius 3 is 2.75 bits per heavy atom. The molecule has 0 saturated carbocycles. The molecule has 1 aromatic carbocycles. The normalized spacial score (nSPS) is 12.7. The van der Waals surface area contributed by atoms with E-state index < -0.39 is 0 Å². The summed E-state index contributed by atoms with van der Waals surface area (Å²) in [5.41, 5.74) is 8.20. The molecule has 0 spiro atoms. The van der Waals surface area contributed by atoms with E-state index in [2.05, 4.69) is 19.9 Å². The van der Waals surface area contributed by atoms with Gasteiger partial charge in [-0.25, -0.2) is 19.3 Å². The smallest absolute Gasteiger partial charge is 0.181 e. The summed E-state index contributed by atoms with van der Waals surface area (Å²) in [6.07, 6.45) is 3.06. The lowest BCUT2D eigenvalue weighted by Crippen LogP contribution is -2.09. The van der Waals surface area contributed by atoms with Gasteiger partial charge in [-0.3, -0.25) is 0 Å². The number of imidazole rings is 1. The number of benzene rings is 1. The van der Waals surface area contributed by atoms with Crippen molar-refractivity contribution in [2.75, 3.05) is 6.54 Å². The van der Waals surface area contributed by atoms with Crippen molar-refractivity contribution < 1.29 is 4.39 Å². The number of aromatic amines is 1. The number of aromatic nitrogens is 4. The summed E-state index contributed by atoms with van der Waals surface area (Å²) in [6.45, 7) is 0.427. The molecule has 0 saturated heterocycles. The van der Waals surface area contributed by atoms with Crippen molar-refractivity contribution >= 4 is 22.9 Å². The average Bonchev–Trinajstić information content (AvgIpc) is 2.95. The van der Waals surface area contributed by atoms with Crippen molar-refractivity contribution in [3.63, 3.8) is 0 Å². The van der Waals surface area contributed by atoms with Gasteiger partial charge in [-0.2, -0.15) is 0 Å². The number of nitrogens with zero attached hydrogens (tertiary/aromatic N) is 3. The van der Waals surface area contributed by atoms with Crippen LogP contribution in [0.2, 0.25) is 0 Å². The minimum atomic E-state index is -0.257. The zero-order chi connectivity index (χ0) is 13.9. The molecule has 3 rings (SSSR count). The first-order chi connectivity index (χ1) is 9.78. The highest BCUT2D eigenvalue weighted by Gasteiger charge is 2.15. The topological polar surface area (TPSA) is 80.5 Å². The highest BCUT2D eigenvalue weighted by atomic mass is 32.2. The number of halogens is 1. The van der Waals surface area contributed by atoms with Crippen molar-refractivity contribution in [3.8, 4) is 0 Å². The van der Waals surface area contributed by atoms with E-state index in [1.165, 1.54) is 30.2 Å². The molecule has 3 aromatic rings. The van der Waals surface area contributed by atoms with E-state index in [0.717, 1.165) is 16.1 Å². The number of nitrogens with one attached hydrogen (secondary N) is 1. The summed E-state index contributed by atoms with van der Waals surface area (Å²) in [7, 11) is 0. The highest BCUT2D eigenvalue weighted by molar-refractivity contribution is 7.99. The van der Waals surface area contributed by atoms with E-state index in [-0.39, 0.29) is 11.1 Å². The quantitative estimate of drug-likeness (QED) is 0.569. The fraction of sp³-hybridized carbons (Fsp3) is 0.154. The van der Waals surface area contributed by atoms with Gasteiger partial charge in [0.2, 0.25) is 0 Å².